The van der Waals surface area contributed by atoms with Gasteiger partial charge in [-0.3, -0.25) is 9.78 Å². The smallest absolute Gasteiger partial charge is 0.263 e. The summed E-state index contributed by atoms with van der Waals surface area (Å²) in [6.07, 6.45) is 6.96. The second-order valence-corrected chi connectivity index (χ2v) is 7.12. The van der Waals surface area contributed by atoms with Crippen LogP contribution in [0.2, 0.25) is 0 Å². The molecule has 1 fully saturated rings. The van der Waals surface area contributed by atoms with Gasteiger partial charge in [0.15, 0.2) is 0 Å². The van der Waals surface area contributed by atoms with E-state index in [-0.39, 0.29) is 11.9 Å². The SMILES string of the molecule is CC1CCCC(NC(=O)c2sc3cnccc3c2N)C1C. The summed E-state index contributed by atoms with van der Waals surface area (Å²) in [5, 5.41) is 4.11. The second-order valence-electron chi connectivity index (χ2n) is 6.06. The minimum absolute atomic E-state index is 0.0420. The highest BCUT2D eigenvalue weighted by Gasteiger charge is 2.29. The minimum Gasteiger partial charge on any atom is -0.397 e. The highest BCUT2D eigenvalue weighted by atomic mass is 32.1. The van der Waals surface area contributed by atoms with Gasteiger partial charge in [-0.15, -0.1) is 11.3 Å². The predicted octanol–water partition coefficient (Wildman–Crippen LogP) is 3.43. The molecular weight excluding hydrogens is 282 g/mol. The molecule has 0 bridgehead atoms. The first-order valence-corrected chi connectivity index (χ1v) is 8.32. The molecule has 112 valence electrons. The number of nitrogens with one attached hydrogen (secondary N) is 1. The topological polar surface area (TPSA) is 68.0 Å². The molecule has 2 aromatic rings. The molecule has 4 nitrogen and oxygen atoms in total. The highest BCUT2D eigenvalue weighted by Crippen LogP contribution is 2.34. The lowest BCUT2D eigenvalue weighted by molar-refractivity contribution is 0.0896. The average molecular weight is 303 g/mol. The van der Waals surface area contributed by atoms with Gasteiger partial charge >= 0.3 is 0 Å². The number of pyridine rings is 1. The lowest BCUT2D eigenvalue weighted by Gasteiger charge is -2.34. The van der Waals surface area contributed by atoms with Gasteiger partial charge in [-0.1, -0.05) is 26.7 Å². The number of carbonyl (C=O) groups is 1. The molecule has 3 N–H and O–H groups in total. The Morgan fingerprint density at radius 2 is 2.24 bits per heavy atom. The molecular formula is C16H21N3OS. The number of nitrogen functional groups attached to an aromatic ring is 1. The number of fused-ring (bicyclic) bond motifs is 1. The number of hydrogen-bond donors (Lipinski definition) is 2. The first-order valence-electron chi connectivity index (χ1n) is 7.50. The Labute approximate surface area is 128 Å². The first kappa shape index (κ1) is 14.3. The molecule has 0 spiro atoms. The number of nitrogens with zero attached hydrogens (tertiary/aromatic N) is 1. The van der Waals surface area contributed by atoms with E-state index in [1.54, 1.807) is 12.4 Å². The molecule has 0 radical (unpaired) electrons. The Morgan fingerprint density at radius 3 is 3.00 bits per heavy atom. The number of carbonyl (C=O) groups excluding carboxylic acids is 1. The van der Waals surface area contributed by atoms with Crippen LogP contribution < -0.4 is 11.1 Å². The summed E-state index contributed by atoms with van der Waals surface area (Å²) < 4.78 is 0.963. The van der Waals surface area contributed by atoms with E-state index in [0.29, 0.717) is 22.4 Å². The summed E-state index contributed by atoms with van der Waals surface area (Å²) in [5.74, 6) is 1.13. The number of aromatic nitrogens is 1. The standard InChI is InChI=1S/C16H21N3OS/c1-9-4-3-5-12(10(9)2)19-16(20)15-14(17)11-6-7-18-8-13(11)21-15/h6-10,12H,3-5,17H2,1-2H3,(H,19,20). The van der Waals surface area contributed by atoms with Gasteiger partial charge in [-0.05, 0) is 24.3 Å². The first-order chi connectivity index (χ1) is 10.1. The predicted molar refractivity (Wildman–Crippen MR) is 87.5 cm³/mol. The third kappa shape index (κ3) is 2.62. The fourth-order valence-electron chi connectivity index (χ4n) is 3.16. The van der Waals surface area contributed by atoms with Gasteiger partial charge in [-0.2, -0.15) is 0 Å². The number of thiophene rings is 1. The zero-order chi connectivity index (χ0) is 15.0. The zero-order valence-corrected chi connectivity index (χ0v) is 13.2. The molecule has 0 aliphatic heterocycles. The normalized spacial score (nSPS) is 25.9. The largest absolute Gasteiger partial charge is 0.397 e. The lowest BCUT2D eigenvalue weighted by Crippen LogP contribution is -2.43. The van der Waals surface area contributed by atoms with Crippen molar-refractivity contribution in [3.8, 4) is 0 Å². The van der Waals surface area contributed by atoms with Crippen molar-refractivity contribution in [3.63, 3.8) is 0 Å². The van der Waals surface area contributed by atoms with Gasteiger partial charge < -0.3 is 11.1 Å². The molecule has 3 unspecified atom stereocenters. The number of hydrogen-bond acceptors (Lipinski definition) is 4. The van der Waals surface area contributed by atoms with Crippen molar-refractivity contribution in [2.24, 2.45) is 11.8 Å². The van der Waals surface area contributed by atoms with Crippen LogP contribution in [0.5, 0.6) is 0 Å². The molecule has 0 aromatic carbocycles. The van der Waals surface area contributed by atoms with E-state index in [9.17, 15) is 4.79 Å². The van der Waals surface area contributed by atoms with Crippen LogP contribution in [0.1, 0.15) is 42.8 Å². The fraction of sp³-hybridized carbons (Fsp3) is 0.500. The molecule has 3 rings (SSSR count). The Hall–Kier alpha value is -1.62. The van der Waals surface area contributed by atoms with Crippen LogP contribution in [0.3, 0.4) is 0 Å². The molecule has 1 aliphatic rings. The quantitative estimate of drug-likeness (QED) is 0.893. The molecule has 5 heteroatoms. The van der Waals surface area contributed by atoms with Crippen LogP contribution in [0, 0.1) is 11.8 Å². The minimum atomic E-state index is -0.0420. The van der Waals surface area contributed by atoms with E-state index in [1.165, 1.54) is 24.2 Å². The van der Waals surface area contributed by atoms with E-state index < -0.39 is 0 Å². The van der Waals surface area contributed by atoms with E-state index in [0.717, 1.165) is 16.5 Å². The number of anilines is 1. The Bertz CT molecular complexity index is 667. The average Bonchev–Trinajstić information content (AvgIpc) is 2.82. The van der Waals surface area contributed by atoms with Crippen molar-refractivity contribution in [2.45, 2.75) is 39.2 Å². The van der Waals surface area contributed by atoms with Gasteiger partial charge in [0.1, 0.15) is 4.88 Å². The van der Waals surface area contributed by atoms with E-state index in [2.05, 4.69) is 24.1 Å². The lowest BCUT2D eigenvalue weighted by atomic mass is 9.78. The van der Waals surface area contributed by atoms with Crippen LogP contribution in [0.4, 0.5) is 5.69 Å². The fourth-order valence-corrected chi connectivity index (χ4v) is 4.15. The Balaban J connectivity index is 1.82. The Morgan fingerprint density at radius 1 is 1.43 bits per heavy atom. The molecule has 2 aromatic heterocycles. The molecule has 3 atom stereocenters. The van der Waals surface area contributed by atoms with Gasteiger partial charge in [0, 0.05) is 23.8 Å². The van der Waals surface area contributed by atoms with Gasteiger partial charge in [0.25, 0.3) is 5.91 Å². The highest BCUT2D eigenvalue weighted by molar-refractivity contribution is 7.21. The molecule has 1 saturated carbocycles. The third-order valence-corrected chi connectivity index (χ3v) is 5.92. The maximum Gasteiger partial charge on any atom is 0.263 e. The summed E-state index contributed by atoms with van der Waals surface area (Å²) in [6, 6.07) is 2.12. The van der Waals surface area contributed by atoms with Crippen molar-refractivity contribution in [1.29, 1.82) is 0 Å². The van der Waals surface area contributed by atoms with Crippen LogP contribution in [-0.2, 0) is 0 Å². The third-order valence-electron chi connectivity index (χ3n) is 4.76. The van der Waals surface area contributed by atoms with Crippen molar-refractivity contribution in [1.82, 2.24) is 10.3 Å². The molecule has 0 saturated heterocycles. The van der Waals surface area contributed by atoms with Crippen molar-refractivity contribution in [3.05, 3.63) is 23.3 Å². The maximum atomic E-state index is 12.6. The number of nitrogens with two attached hydrogens (primary N) is 1. The van der Waals surface area contributed by atoms with E-state index in [4.69, 9.17) is 5.73 Å². The van der Waals surface area contributed by atoms with Crippen LogP contribution >= 0.6 is 11.3 Å². The zero-order valence-electron chi connectivity index (χ0n) is 12.4. The summed E-state index contributed by atoms with van der Waals surface area (Å²) in [5.41, 5.74) is 6.70. The summed E-state index contributed by atoms with van der Waals surface area (Å²) in [4.78, 5) is 17.3. The second kappa shape index (κ2) is 5.64. The van der Waals surface area contributed by atoms with Crippen LogP contribution in [-0.4, -0.2) is 16.9 Å². The van der Waals surface area contributed by atoms with Crippen molar-refractivity contribution < 1.29 is 4.79 Å². The van der Waals surface area contributed by atoms with Crippen molar-refractivity contribution >= 4 is 33.0 Å². The summed E-state index contributed by atoms with van der Waals surface area (Å²) in [6.45, 7) is 4.50. The van der Waals surface area contributed by atoms with Crippen LogP contribution in [0.25, 0.3) is 10.1 Å². The van der Waals surface area contributed by atoms with E-state index in [1.807, 2.05) is 6.07 Å². The van der Waals surface area contributed by atoms with Gasteiger partial charge in [0.05, 0.1) is 10.4 Å². The monoisotopic (exact) mass is 303 g/mol. The van der Waals surface area contributed by atoms with Crippen molar-refractivity contribution in [2.75, 3.05) is 5.73 Å². The van der Waals surface area contributed by atoms with Crippen LogP contribution in [0.15, 0.2) is 18.5 Å². The van der Waals surface area contributed by atoms with Gasteiger partial charge in [0.2, 0.25) is 0 Å². The Kier molecular flexibility index (Phi) is 3.85. The van der Waals surface area contributed by atoms with Gasteiger partial charge in [-0.25, -0.2) is 0 Å². The number of amides is 1. The molecule has 1 aliphatic carbocycles. The summed E-state index contributed by atoms with van der Waals surface area (Å²) in [7, 11) is 0. The summed E-state index contributed by atoms with van der Waals surface area (Å²) >= 11 is 1.42. The maximum absolute atomic E-state index is 12.6. The molecule has 21 heavy (non-hydrogen) atoms. The number of rotatable bonds is 2. The van der Waals surface area contributed by atoms with E-state index >= 15 is 0 Å². The molecule has 2 heterocycles. The molecule has 1 amide bonds.